The van der Waals surface area contributed by atoms with Gasteiger partial charge in [0.2, 0.25) is 0 Å². The SMILES string of the molecule is CCS(=O)(=O)c1c(-c2nc3cc(C(F)(F)F)ncc3n2C)nc([C@H]2CC[C@@H](C(F)(F)F)CC2)n1C. The molecule has 0 aliphatic heterocycles. The van der Waals surface area contributed by atoms with Gasteiger partial charge < -0.3 is 9.13 Å². The summed E-state index contributed by atoms with van der Waals surface area (Å²) in [5.74, 6) is -1.74. The van der Waals surface area contributed by atoms with Gasteiger partial charge in [-0.2, -0.15) is 26.3 Å². The lowest BCUT2D eigenvalue weighted by Gasteiger charge is -2.29. The zero-order valence-corrected chi connectivity index (χ0v) is 19.9. The third kappa shape index (κ3) is 4.52. The second-order valence-corrected chi connectivity index (χ2v) is 10.9. The molecule has 0 atom stereocenters. The van der Waals surface area contributed by atoms with Crippen LogP contribution in [0.15, 0.2) is 17.3 Å². The first-order valence-electron chi connectivity index (χ1n) is 10.9. The smallest absolute Gasteiger partial charge is 0.324 e. The Morgan fingerprint density at radius 3 is 2.17 bits per heavy atom. The number of halogens is 6. The molecule has 0 aromatic carbocycles. The maximum atomic E-state index is 13.1. The van der Waals surface area contributed by atoms with Crippen molar-refractivity contribution in [3.05, 3.63) is 23.8 Å². The first-order chi connectivity index (χ1) is 16.1. The molecule has 3 aromatic rings. The Morgan fingerprint density at radius 1 is 1.00 bits per heavy atom. The van der Waals surface area contributed by atoms with E-state index in [2.05, 4.69) is 15.0 Å². The number of aromatic nitrogens is 5. The van der Waals surface area contributed by atoms with Gasteiger partial charge in [-0.05, 0) is 31.7 Å². The minimum Gasteiger partial charge on any atom is -0.324 e. The number of alkyl halides is 6. The van der Waals surface area contributed by atoms with Crippen LogP contribution in [0, 0.1) is 5.92 Å². The fourth-order valence-electron chi connectivity index (χ4n) is 4.64. The highest BCUT2D eigenvalue weighted by molar-refractivity contribution is 7.91. The van der Waals surface area contributed by atoms with E-state index in [1.54, 1.807) is 0 Å². The van der Waals surface area contributed by atoms with Crippen LogP contribution in [-0.2, 0) is 30.1 Å². The van der Waals surface area contributed by atoms with Crippen LogP contribution in [0.4, 0.5) is 26.3 Å². The predicted octanol–water partition coefficient (Wildman–Crippen LogP) is 5.02. The number of aryl methyl sites for hydroxylation is 1. The highest BCUT2D eigenvalue weighted by atomic mass is 32.2. The fraction of sp³-hybridized carbons (Fsp3) is 0.571. The van der Waals surface area contributed by atoms with Gasteiger partial charge in [-0.3, -0.25) is 0 Å². The molecule has 192 valence electrons. The van der Waals surface area contributed by atoms with Crippen molar-refractivity contribution in [1.82, 2.24) is 24.1 Å². The van der Waals surface area contributed by atoms with E-state index in [9.17, 15) is 34.8 Å². The molecular formula is C21H23F6N5O2S. The summed E-state index contributed by atoms with van der Waals surface area (Å²) in [6.45, 7) is 1.44. The number of hydrogen-bond donors (Lipinski definition) is 0. The lowest BCUT2D eigenvalue weighted by molar-refractivity contribution is -0.182. The predicted molar refractivity (Wildman–Crippen MR) is 114 cm³/mol. The van der Waals surface area contributed by atoms with Crippen molar-refractivity contribution in [3.8, 4) is 11.5 Å². The highest BCUT2D eigenvalue weighted by Gasteiger charge is 2.43. The van der Waals surface area contributed by atoms with Crippen molar-refractivity contribution >= 4 is 20.9 Å². The maximum Gasteiger partial charge on any atom is 0.433 e. The zero-order chi connectivity index (χ0) is 25.9. The minimum atomic E-state index is -4.68. The van der Waals surface area contributed by atoms with Crippen molar-refractivity contribution in [3.63, 3.8) is 0 Å². The Balaban J connectivity index is 1.84. The van der Waals surface area contributed by atoms with Gasteiger partial charge in [0.15, 0.2) is 20.7 Å². The van der Waals surface area contributed by atoms with Crippen molar-refractivity contribution < 1.29 is 34.8 Å². The standard InChI is InChI=1S/C21H23F6N5O2S/c1-4-35(33,34)19-16(18-29-13-9-15(21(25,26)27)28-10-14(13)31(18)2)30-17(32(19)3)11-5-7-12(8-6-11)20(22,23)24/h9-12H,4-8H2,1-3H3/t11-,12+. The summed E-state index contributed by atoms with van der Waals surface area (Å²) in [6.07, 6.45) is -7.79. The third-order valence-corrected chi connectivity index (χ3v) is 8.39. The van der Waals surface area contributed by atoms with Crippen LogP contribution in [0.25, 0.3) is 22.6 Å². The summed E-state index contributed by atoms with van der Waals surface area (Å²) in [5.41, 5.74) is -0.984. The summed E-state index contributed by atoms with van der Waals surface area (Å²) < 4.78 is 107. The molecule has 1 saturated carbocycles. The van der Waals surface area contributed by atoms with E-state index < -0.39 is 39.7 Å². The lowest BCUT2D eigenvalue weighted by atomic mass is 9.81. The molecule has 0 spiro atoms. The molecule has 1 aliphatic rings. The topological polar surface area (TPSA) is 82.7 Å². The first-order valence-corrected chi connectivity index (χ1v) is 12.6. The quantitative estimate of drug-likeness (QED) is 0.449. The fourth-order valence-corrected chi connectivity index (χ4v) is 5.85. The van der Waals surface area contributed by atoms with Crippen LogP contribution in [0.5, 0.6) is 0 Å². The number of hydrogen-bond acceptors (Lipinski definition) is 5. The van der Waals surface area contributed by atoms with Crippen LogP contribution in [0.2, 0.25) is 0 Å². The third-order valence-electron chi connectivity index (χ3n) is 6.58. The molecule has 35 heavy (non-hydrogen) atoms. The van der Waals surface area contributed by atoms with Crippen LogP contribution < -0.4 is 0 Å². The van der Waals surface area contributed by atoms with Crippen LogP contribution >= 0.6 is 0 Å². The van der Waals surface area contributed by atoms with Crippen molar-refractivity contribution in [2.45, 2.75) is 55.9 Å². The maximum absolute atomic E-state index is 13.1. The number of imidazole rings is 2. The Morgan fingerprint density at radius 2 is 1.63 bits per heavy atom. The first kappa shape index (κ1) is 25.5. The van der Waals surface area contributed by atoms with E-state index >= 15 is 0 Å². The Labute approximate surface area is 197 Å². The summed E-state index contributed by atoms with van der Waals surface area (Å²) in [7, 11) is -0.886. The van der Waals surface area contributed by atoms with Crippen molar-refractivity contribution in [2.75, 3.05) is 5.75 Å². The van der Waals surface area contributed by atoms with E-state index in [1.165, 1.54) is 30.2 Å². The number of sulfone groups is 1. The molecule has 1 aliphatic carbocycles. The summed E-state index contributed by atoms with van der Waals surface area (Å²) in [6, 6.07) is 0.773. The van der Waals surface area contributed by atoms with Crippen LogP contribution in [-0.4, -0.2) is 44.4 Å². The summed E-state index contributed by atoms with van der Waals surface area (Å²) in [4.78, 5) is 12.2. The number of pyridine rings is 1. The zero-order valence-electron chi connectivity index (χ0n) is 19.1. The lowest BCUT2D eigenvalue weighted by Crippen LogP contribution is -2.28. The van der Waals surface area contributed by atoms with Crippen LogP contribution in [0.3, 0.4) is 0 Å². The molecule has 0 unspecified atom stereocenters. The molecule has 0 amide bonds. The van der Waals surface area contributed by atoms with Gasteiger partial charge in [0.1, 0.15) is 17.2 Å². The van der Waals surface area contributed by atoms with Gasteiger partial charge in [-0.1, -0.05) is 6.92 Å². The van der Waals surface area contributed by atoms with Crippen LogP contribution in [0.1, 0.15) is 50.0 Å². The van der Waals surface area contributed by atoms with Crippen molar-refractivity contribution in [2.24, 2.45) is 20.0 Å². The number of nitrogens with zero attached hydrogens (tertiary/aromatic N) is 5. The minimum absolute atomic E-state index is 0.0268. The van der Waals surface area contributed by atoms with Gasteiger partial charge in [0.25, 0.3) is 0 Å². The Kier molecular flexibility index (Phi) is 6.17. The molecule has 7 nitrogen and oxygen atoms in total. The monoisotopic (exact) mass is 523 g/mol. The molecule has 0 N–H and O–H groups in total. The van der Waals surface area contributed by atoms with Gasteiger partial charge >= 0.3 is 12.4 Å². The molecule has 0 bridgehead atoms. The largest absolute Gasteiger partial charge is 0.433 e. The van der Waals surface area contributed by atoms with Crippen molar-refractivity contribution in [1.29, 1.82) is 0 Å². The normalized spacial score (nSPS) is 20.0. The highest BCUT2D eigenvalue weighted by Crippen LogP contribution is 2.44. The molecule has 0 radical (unpaired) electrons. The van der Waals surface area contributed by atoms with Gasteiger partial charge in [-0.25, -0.2) is 23.4 Å². The summed E-state index contributed by atoms with van der Waals surface area (Å²) >= 11 is 0. The van der Waals surface area contributed by atoms with Gasteiger partial charge in [0.05, 0.1) is 28.9 Å². The second kappa shape index (κ2) is 8.49. The molecule has 3 aromatic heterocycles. The van der Waals surface area contributed by atoms with E-state index in [1.807, 2.05) is 0 Å². The van der Waals surface area contributed by atoms with E-state index in [-0.39, 0.29) is 59.0 Å². The molecule has 3 heterocycles. The average Bonchev–Trinajstić information content (AvgIpc) is 3.29. The second-order valence-electron chi connectivity index (χ2n) is 8.73. The van der Waals surface area contributed by atoms with Gasteiger partial charge in [-0.15, -0.1) is 0 Å². The number of rotatable bonds is 4. The van der Waals surface area contributed by atoms with E-state index in [0.717, 1.165) is 12.3 Å². The summed E-state index contributed by atoms with van der Waals surface area (Å²) in [5, 5.41) is -0.171. The molecular weight excluding hydrogens is 500 g/mol. The Hall–Kier alpha value is -2.64. The average molecular weight is 524 g/mol. The molecule has 0 saturated heterocycles. The number of fused-ring (bicyclic) bond motifs is 1. The van der Waals surface area contributed by atoms with E-state index in [0.29, 0.717) is 5.82 Å². The molecule has 14 heteroatoms. The Bertz CT molecular complexity index is 1370. The molecule has 1 fully saturated rings. The van der Waals surface area contributed by atoms with Gasteiger partial charge in [0, 0.05) is 20.0 Å². The molecule has 4 rings (SSSR count). The van der Waals surface area contributed by atoms with E-state index in [4.69, 9.17) is 0 Å².